The predicted octanol–water partition coefficient (Wildman–Crippen LogP) is 4.44. The topological polar surface area (TPSA) is 68.5 Å². The van der Waals surface area contributed by atoms with Gasteiger partial charge in [-0.3, -0.25) is 4.79 Å². The van der Waals surface area contributed by atoms with E-state index in [4.69, 9.17) is 9.15 Å². The molecule has 5 nitrogen and oxygen atoms in total. The number of amides is 1. The summed E-state index contributed by atoms with van der Waals surface area (Å²) in [6, 6.07) is 12.7. The summed E-state index contributed by atoms with van der Waals surface area (Å²) in [5.41, 5.74) is 1.97. The maximum Gasteiger partial charge on any atom is 0.341 e. The molecule has 0 aliphatic heterocycles. The van der Waals surface area contributed by atoms with Crippen molar-refractivity contribution in [2.75, 3.05) is 11.9 Å². The summed E-state index contributed by atoms with van der Waals surface area (Å²) in [4.78, 5) is 24.6. The van der Waals surface area contributed by atoms with Gasteiger partial charge in [-0.2, -0.15) is 0 Å². The molecule has 1 aromatic carbocycles. The molecule has 1 amide bonds. The van der Waals surface area contributed by atoms with Gasteiger partial charge in [0, 0.05) is 10.9 Å². The maximum atomic E-state index is 12.4. The third kappa shape index (κ3) is 3.23. The molecule has 0 fully saturated rings. The third-order valence-corrected chi connectivity index (χ3v) is 4.22. The molecule has 3 rings (SSSR count). The molecule has 6 heteroatoms. The number of anilines is 1. The lowest BCUT2D eigenvalue weighted by atomic mass is 10.0. The van der Waals surface area contributed by atoms with Crippen molar-refractivity contribution in [3.05, 3.63) is 65.4 Å². The SMILES string of the molecule is CCOC(=O)c1c(-c2ccccc2)csc1NC(=O)c1ccco1. The van der Waals surface area contributed by atoms with E-state index in [9.17, 15) is 9.59 Å². The van der Waals surface area contributed by atoms with Gasteiger partial charge in [0.2, 0.25) is 0 Å². The number of nitrogens with one attached hydrogen (secondary N) is 1. The highest BCUT2D eigenvalue weighted by Crippen LogP contribution is 2.36. The Morgan fingerprint density at radius 3 is 2.62 bits per heavy atom. The van der Waals surface area contributed by atoms with Gasteiger partial charge < -0.3 is 14.5 Å². The van der Waals surface area contributed by atoms with Crippen LogP contribution >= 0.6 is 11.3 Å². The minimum absolute atomic E-state index is 0.180. The molecule has 0 aliphatic rings. The number of hydrogen-bond donors (Lipinski definition) is 1. The highest BCUT2D eigenvalue weighted by Gasteiger charge is 2.23. The Balaban J connectivity index is 1.98. The fourth-order valence-corrected chi connectivity index (χ4v) is 3.21. The molecule has 24 heavy (non-hydrogen) atoms. The smallest absolute Gasteiger partial charge is 0.341 e. The third-order valence-electron chi connectivity index (χ3n) is 3.33. The lowest BCUT2D eigenvalue weighted by Gasteiger charge is -2.08. The van der Waals surface area contributed by atoms with E-state index in [0.717, 1.165) is 11.1 Å². The van der Waals surface area contributed by atoms with Crippen LogP contribution < -0.4 is 5.32 Å². The minimum atomic E-state index is -0.465. The largest absolute Gasteiger partial charge is 0.462 e. The number of furan rings is 1. The van der Waals surface area contributed by atoms with Crippen molar-refractivity contribution in [2.45, 2.75) is 6.92 Å². The summed E-state index contributed by atoms with van der Waals surface area (Å²) in [5.74, 6) is -0.696. The van der Waals surface area contributed by atoms with E-state index in [2.05, 4.69) is 5.32 Å². The number of carbonyl (C=O) groups excluding carboxylic acids is 2. The van der Waals surface area contributed by atoms with Gasteiger partial charge >= 0.3 is 5.97 Å². The Morgan fingerprint density at radius 2 is 1.96 bits per heavy atom. The second kappa shape index (κ2) is 7.14. The number of esters is 1. The summed E-state index contributed by atoms with van der Waals surface area (Å²) in [6.07, 6.45) is 1.42. The Kier molecular flexibility index (Phi) is 4.77. The van der Waals surface area contributed by atoms with E-state index in [1.165, 1.54) is 17.6 Å². The molecule has 0 radical (unpaired) electrons. The summed E-state index contributed by atoms with van der Waals surface area (Å²) < 4.78 is 10.2. The van der Waals surface area contributed by atoms with Crippen molar-refractivity contribution in [3.63, 3.8) is 0 Å². The number of hydrogen-bond acceptors (Lipinski definition) is 5. The van der Waals surface area contributed by atoms with Gasteiger partial charge in [-0.15, -0.1) is 11.3 Å². The number of carbonyl (C=O) groups is 2. The van der Waals surface area contributed by atoms with Crippen molar-refractivity contribution in [3.8, 4) is 11.1 Å². The molecule has 2 aromatic heterocycles. The first-order valence-electron chi connectivity index (χ1n) is 7.39. The molecule has 0 bridgehead atoms. The fourth-order valence-electron chi connectivity index (χ4n) is 2.26. The molecule has 0 atom stereocenters. The fraction of sp³-hybridized carbons (Fsp3) is 0.111. The van der Waals surface area contributed by atoms with Gasteiger partial charge in [-0.05, 0) is 24.6 Å². The number of thiophene rings is 1. The molecular formula is C18H15NO4S. The van der Waals surface area contributed by atoms with E-state index in [0.29, 0.717) is 10.6 Å². The van der Waals surface area contributed by atoms with Gasteiger partial charge in [0.15, 0.2) is 5.76 Å². The van der Waals surface area contributed by atoms with Gasteiger partial charge in [-0.25, -0.2) is 4.79 Å². The molecule has 3 aromatic rings. The zero-order valence-electron chi connectivity index (χ0n) is 12.9. The van der Waals surface area contributed by atoms with Crippen molar-refractivity contribution < 1.29 is 18.7 Å². The zero-order chi connectivity index (χ0) is 16.9. The number of benzene rings is 1. The monoisotopic (exact) mass is 341 g/mol. The van der Waals surface area contributed by atoms with Crippen LogP contribution in [0.2, 0.25) is 0 Å². The van der Waals surface area contributed by atoms with Crippen LogP contribution in [0, 0.1) is 0 Å². The second-order valence-electron chi connectivity index (χ2n) is 4.87. The summed E-state index contributed by atoms with van der Waals surface area (Å²) in [5, 5.41) is 5.00. The van der Waals surface area contributed by atoms with Crippen molar-refractivity contribution >= 4 is 28.2 Å². The Labute approximate surface area is 142 Å². The zero-order valence-corrected chi connectivity index (χ0v) is 13.8. The first kappa shape index (κ1) is 16.0. The molecule has 0 saturated carbocycles. The minimum Gasteiger partial charge on any atom is -0.462 e. The van der Waals surface area contributed by atoms with Crippen molar-refractivity contribution in [1.29, 1.82) is 0 Å². The molecule has 0 aliphatic carbocycles. The first-order valence-corrected chi connectivity index (χ1v) is 8.27. The standard InChI is InChI=1S/C18H15NO4S/c1-2-22-18(21)15-13(12-7-4-3-5-8-12)11-24-17(15)19-16(20)14-9-6-10-23-14/h3-11H,2H2,1H3,(H,19,20). The second-order valence-corrected chi connectivity index (χ2v) is 5.75. The van der Waals surface area contributed by atoms with E-state index in [-0.39, 0.29) is 12.4 Å². The van der Waals surface area contributed by atoms with Crippen molar-refractivity contribution in [2.24, 2.45) is 0 Å². The van der Waals surface area contributed by atoms with Crippen LogP contribution in [0.25, 0.3) is 11.1 Å². The quantitative estimate of drug-likeness (QED) is 0.697. The molecule has 2 heterocycles. The van der Waals surface area contributed by atoms with E-state index >= 15 is 0 Å². The highest BCUT2D eigenvalue weighted by molar-refractivity contribution is 7.15. The van der Waals surface area contributed by atoms with Crippen LogP contribution in [0.4, 0.5) is 5.00 Å². The van der Waals surface area contributed by atoms with Crippen LogP contribution in [0.1, 0.15) is 27.8 Å². The predicted molar refractivity (Wildman–Crippen MR) is 92.4 cm³/mol. The van der Waals surface area contributed by atoms with Crippen LogP contribution in [0.5, 0.6) is 0 Å². The summed E-state index contributed by atoms with van der Waals surface area (Å²) in [7, 11) is 0. The van der Waals surface area contributed by atoms with Crippen LogP contribution in [0.3, 0.4) is 0 Å². The van der Waals surface area contributed by atoms with Crippen LogP contribution in [-0.2, 0) is 4.74 Å². The Morgan fingerprint density at radius 1 is 1.17 bits per heavy atom. The first-order chi connectivity index (χ1) is 11.7. The number of rotatable bonds is 5. The van der Waals surface area contributed by atoms with Gasteiger partial charge in [-0.1, -0.05) is 30.3 Å². The molecule has 1 N–H and O–H groups in total. The van der Waals surface area contributed by atoms with E-state index in [1.807, 2.05) is 35.7 Å². The van der Waals surface area contributed by atoms with E-state index < -0.39 is 11.9 Å². The average molecular weight is 341 g/mol. The lowest BCUT2D eigenvalue weighted by Crippen LogP contribution is -2.14. The Hall–Kier alpha value is -2.86. The van der Waals surface area contributed by atoms with Gasteiger partial charge in [0.1, 0.15) is 10.6 Å². The summed E-state index contributed by atoms with van der Waals surface area (Å²) in [6.45, 7) is 2.00. The average Bonchev–Trinajstić information content (AvgIpc) is 3.25. The molecule has 122 valence electrons. The molecule has 0 spiro atoms. The van der Waals surface area contributed by atoms with E-state index in [1.54, 1.807) is 19.1 Å². The normalized spacial score (nSPS) is 10.4. The Bertz CT molecular complexity index is 837. The van der Waals surface area contributed by atoms with Crippen LogP contribution in [-0.4, -0.2) is 18.5 Å². The molecular weight excluding hydrogens is 326 g/mol. The van der Waals surface area contributed by atoms with Crippen LogP contribution in [0.15, 0.2) is 58.5 Å². The van der Waals surface area contributed by atoms with Crippen molar-refractivity contribution in [1.82, 2.24) is 0 Å². The highest BCUT2D eigenvalue weighted by atomic mass is 32.1. The maximum absolute atomic E-state index is 12.4. The molecule has 0 unspecified atom stereocenters. The molecule has 0 saturated heterocycles. The summed E-state index contributed by atoms with van der Waals surface area (Å²) >= 11 is 1.28. The van der Waals surface area contributed by atoms with Gasteiger partial charge in [0.25, 0.3) is 5.91 Å². The number of ether oxygens (including phenoxy) is 1. The van der Waals surface area contributed by atoms with Gasteiger partial charge in [0.05, 0.1) is 12.9 Å². The lowest BCUT2D eigenvalue weighted by molar-refractivity contribution is 0.0529.